The number of nitrogens with one attached hydrogen (secondary N) is 1. The highest BCUT2D eigenvalue weighted by molar-refractivity contribution is 14.1. The molecular weight excluding hydrogens is 428 g/mol. The number of hydrogen-bond acceptors (Lipinski definition) is 4. The Morgan fingerprint density at radius 3 is 2.71 bits per heavy atom. The van der Waals surface area contributed by atoms with E-state index in [4.69, 9.17) is 18.0 Å². The lowest BCUT2D eigenvalue weighted by molar-refractivity contribution is 0.600. The van der Waals surface area contributed by atoms with Gasteiger partial charge in [0.25, 0.3) is 10.0 Å². The third kappa shape index (κ3) is 3.66. The number of sulfonamides is 1. The fourth-order valence-electron chi connectivity index (χ4n) is 1.56. The minimum absolute atomic E-state index is 0.0112. The first kappa shape index (κ1) is 16.0. The van der Waals surface area contributed by atoms with Gasteiger partial charge in [-0.15, -0.1) is 0 Å². The Bertz CT molecular complexity index is 812. The molecule has 5 nitrogen and oxygen atoms in total. The lowest BCUT2D eigenvalue weighted by Crippen LogP contribution is -2.21. The summed E-state index contributed by atoms with van der Waals surface area (Å²) < 4.78 is 40.6. The van der Waals surface area contributed by atoms with Gasteiger partial charge in [-0.1, -0.05) is 12.2 Å². The number of aromatic nitrogens is 1. The highest BCUT2D eigenvalue weighted by atomic mass is 127. The van der Waals surface area contributed by atoms with Crippen molar-refractivity contribution in [3.63, 3.8) is 0 Å². The van der Waals surface area contributed by atoms with E-state index in [0.29, 0.717) is 3.57 Å². The number of benzene rings is 1. The van der Waals surface area contributed by atoms with E-state index < -0.39 is 15.8 Å². The number of nitrogens with zero attached hydrogens (tertiary/aromatic N) is 1. The van der Waals surface area contributed by atoms with Crippen LogP contribution in [0, 0.1) is 9.39 Å². The molecule has 9 heteroatoms. The van der Waals surface area contributed by atoms with Crippen LogP contribution in [0.5, 0.6) is 0 Å². The maximum absolute atomic E-state index is 13.0. The molecular formula is C12H9FIN3O2S2. The molecule has 0 fully saturated rings. The molecule has 0 unspecified atom stereocenters. The molecule has 3 N–H and O–H groups in total. The van der Waals surface area contributed by atoms with Gasteiger partial charge in [-0.25, -0.2) is 12.8 Å². The number of anilines is 1. The van der Waals surface area contributed by atoms with Crippen LogP contribution in [0.3, 0.4) is 0 Å². The van der Waals surface area contributed by atoms with Crippen molar-refractivity contribution >= 4 is 55.5 Å². The van der Waals surface area contributed by atoms with Gasteiger partial charge in [0, 0.05) is 9.77 Å². The summed E-state index contributed by atoms with van der Waals surface area (Å²) in [6.07, 6.45) is 1.40. The van der Waals surface area contributed by atoms with Gasteiger partial charge in [0.15, 0.2) is 0 Å². The van der Waals surface area contributed by atoms with Crippen molar-refractivity contribution in [3.8, 4) is 0 Å². The summed E-state index contributed by atoms with van der Waals surface area (Å²) in [5.74, 6) is -0.451. The number of thiocarbonyl (C=S) groups is 1. The Labute approximate surface area is 140 Å². The first-order chi connectivity index (χ1) is 9.81. The first-order valence-electron chi connectivity index (χ1n) is 5.54. The summed E-state index contributed by atoms with van der Waals surface area (Å²) in [5, 5.41) is 0. The molecule has 1 aromatic carbocycles. The zero-order valence-electron chi connectivity index (χ0n) is 10.4. The van der Waals surface area contributed by atoms with Crippen LogP contribution in [0.4, 0.5) is 10.1 Å². The molecule has 0 aliphatic rings. The normalized spacial score (nSPS) is 11.1. The summed E-state index contributed by atoms with van der Waals surface area (Å²) in [7, 11) is -3.93. The molecule has 110 valence electrons. The Kier molecular flexibility index (Phi) is 4.74. The molecule has 0 spiro atoms. The molecule has 0 aliphatic heterocycles. The Morgan fingerprint density at radius 2 is 2.10 bits per heavy atom. The van der Waals surface area contributed by atoms with Crippen molar-refractivity contribution in [2.24, 2.45) is 5.73 Å². The van der Waals surface area contributed by atoms with Gasteiger partial charge >= 0.3 is 0 Å². The van der Waals surface area contributed by atoms with E-state index in [2.05, 4.69) is 9.71 Å². The number of halogens is 2. The largest absolute Gasteiger partial charge is 0.388 e. The predicted octanol–water partition coefficient (Wildman–Crippen LogP) is 2.26. The topological polar surface area (TPSA) is 85.1 Å². The van der Waals surface area contributed by atoms with Crippen molar-refractivity contribution in [1.82, 2.24) is 4.98 Å². The molecule has 0 aliphatic carbocycles. The van der Waals surface area contributed by atoms with Gasteiger partial charge in [-0.3, -0.25) is 9.71 Å². The summed E-state index contributed by atoms with van der Waals surface area (Å²) in [6.45, 7) is 0. The average molecular weight is 437 g/mol. The highest BCUT2D eigenvalue weighted by Crippen LogP contribution is 2.23. The maximum Gasteiger partial charge on any atom is 0.264 e. The van der Waals surface area contributed by atoms with Crippen molar-refractivity contribution in [2.75, 3.05) is 4.72 Å². The van der Waals surface area contributed by atoms with E-state index in [1.54, 1.807) is 0 Å². The first-order valence-corrected chi connectivity index (χ1v) is 8.51. The van der Waals surface area contributed by atoms with Crippen molar-refractivity contribution in [3.05, 3.63) is 51.6 Å². The zero-order valence-corrected chi connectivity index (χ0v) is 14.2. The van der Waals surface area contributed by atoms with Gasteiger partial charge in [0.05, 0.1) is 5.69 Å². The molecule has 0 radical (unpaired) electrons. The minimum atomic E-state index is -3.93. The fraction of sp³-hybridized carbons (Fsp3) is 0. The van der Waals surface area contributed by atoms with E-state index in [1.807, 2.05) is 22.6 Å². The molecule has 0 saturated carbocycles. The Morgan fingerprint density at radius 1 is 1.38 bits per heavy atom. The molecule has 0 bridgehead atoms. The standard InChI is InChI=1S/C12H9FIN3O2S2/c13-7-3-4-9(8(14)6-7)17-21(18,19)10-2-1-5-16-11(10)12(15)20/h1-6,17H,(H2,15,20). The van der Waals surface area contributed by atoms with Crippen LogP contribution in [0.25, 0.3) is 0 Å². The second kappa shape index (κ2) is 6.20. The lowest BCUT2D eigenvalue weighted by Gasteiger charge is -2.12. The number of pyridine rings is 1. The number of hydrogen-bond donors (Lipinski definition) is 2. The smallest absolute Gasteiger partial charge is 0.264 e. The molecule has 0 atom stereocenters. The molecule has 0 saturated heterocycles. The summed E-state index contributed by atoms with van der Waals surface area (Å²) in [4.78, 5) is 3.63. The molecule has 21 heavy (non-hydrogen) atoms. The van der Waals surface area contributed by atoms with Crippen LogP contribution in [0.1, 0.15) is 5.69 Å². The molecule has 1 aromatic heterocycles. The monoisotopic (exact) mass is 437 g/mol. The number of rotatable bonds is 4. The quantitative estimate of drug-likeness (QED) is 0.567. The van der Waals surface area contributed by atoms with Gasteiger partial charge < -0.3 is 5.73 Å². The summed E-state index contributed by atoms with van der Waals surface area (Å²) in [6, 6.07) is 6.53. The lowest BCUT2D eigenvalue weighted by atomic mass is 10.3. The van der Waals surface area contributed by atoms with Crippen LogP contribution in [-0.2, 0) is 10.0 Å². The third-order valence-corrected chi connectivity index (χ3v) is 4.95. The fourth-order valence-corrected chi connectivity index (χ4v) is 3.84. The van der Waals surface area contributed by atoms with Gasteiger partial charge in [0.2, 0.25) is 0 Å². The Balaban J connectivity index is 2.46. The zero-order chi connectivity index (χ0) is 15.6. The van der Waals surface area contributed by atoms with Crippen LogP contribution in [0.2, 0.25) is 0 Å². The van der Waals surface area contributed by atoms with E-state index in [-0.39, 0.29) is 21.3 Å². The summed E-state index contributed by atoms with van der Waals surface area (Å²) >= 11 is 6.63. The van der Waals surface area contributed by atoms with Gasteiger partial charge in [-0.2, -0.15) is 0 Å². The third-order valence-electron chi connectivity index (χ3n) is 2.47. The van der Waals surface area contributed by atoms with Crippen molar-refractivity contribution in [1.29, 1.82) is 0 Å². The second-order valence-electron chi connectivity index (χ2n) is 3.94. The van der Waals surface area contributed by atoms with Crippen LogP contribution in [0.15, 0.2) is 41.4 Å². The molecule has 0 amide bonds. The number of nitrogens with two attached hydrogens (primary N) is 1. The van der Waals surface area contributed by atoms with Crippen molar-refractivity contribution in [2.45, 2.75) is 4.90 Å². The van der Waals surface area contributed by atoms with Gasteiger partial charge in [-0.05, 0) is 52.9 Å². The second-order valence-corrected chi connectivity index (χ2v) is 7.20. The minimum Gasteiger partial charge on any atom is -0.388 e. The van der Waals surface area contributed by atoms with E-state index in [1.165, 1.54) is 30.5 Å². The average Bonchev–Trinajstić information content (AvgIpc) is 2.42. The van der Waals surface area contributed by atoms with Crippen LogP contribution < -0.4 is 10.5 Å². The van der Waals surface area contributed by atoms with Crippen LogP contribution in [-0.4, -0.2) is 18.4 Å². The van der Waals surface area contributed by atoms with E-state index in [0.717, 1.165) is 6.07 Å². The summed E-state index contributed by atoms with van der Waals surface area (Å²) in [5.41, 5.74) is 5.75. The van der Waals surface area contributed by atoms with Crippen LogP contribution >= 0.6 is 34.8 Å². The predicted molar refractivity (Wildman–Crippen MR) is 90.0 cm³/mol. The molecule has 2 aromatic rings. The Hall–Kier alpha value is -1.33. The van der Waals surface area contributed by atoms with E-state index in [9.17, 15) is 12.8 Å². The van der Waals surface area contributed by atoms with Gasteiger partial charge in [0.1, 0.15) is 21.4 Å². The van der Waals surface area contributed by atoms with E-state index >= 15 is 0 Å². The van der Waals surface area contributed by atoms with Crippen molar-refractivity contribution < 1.29 is 12.8 Å². The maximum atomic E-state index is 13.0. The molecule has 2 rings (SSSR count). The molecule has 1 heterocycles. The SMILES string of the molecule is NC(=S)c1ncccc1S(=O)(=O)Nc1ccc(F)cc1I. The highest BCUT2D eigenvalue weighted by Gasteiger charge is 2.21.